The molecule has 0 amide bonds. The summed E-state index contributed by atoms with van der Waals surface area (Å²) in [6.45, 7) is 5.63. The molecule has 0 fully saturated rings. The molecule has 0 radical (unpaired) electrons. The number of alkyl halides is 2. The van der Waals surface area contributed by atoms with Crippen molar-refractivity contribution in [1.82, 2.24) is 0 Å². The van der Waals surface area contributed by atoms with Gasteiger partial charge in [-0.05, 0) is 26.7 Å². The van der Waals surface area contributed by atoms with E-state index in [0.29, 0.717) is 12.8 Å². The molecule has 0 saturated heterocycles. The summed E-state index contributed by atoms with van der Waals surface area (Å²) in [7, 11) is 0. The average molecular weight is 930 g/mol. The van der Waals surface area contributed by atoms with Gasteiger partial charge in [-0.25, -0.2) is 9.59 Å². The minimum absolute atomic E-state index is 0.232. The molecule has 0 aliphatic heterocycles. The van der Waals surface area contributed by atoms with Gasteiger partial charge >= 0.3 is 11.9 Å². The van der Waals surface area contributed by atoms with E-state index in [1.807, 2.05) is 0 Å². The third-order valence-electron chi connectivity index (χ3n) is 11.3. The Morgan fingerprint density at radius 3 is 0.887 bits per heavy atom. The SMILES string of the molecule is CCCCCCCCCCCCCCCCCC(=O)C(O)(C(O)C(=O)OC(C)Cl)C(O)C(=O)OC(C)Cl.CCCCCCCCCCCCCCCCCC(=O)C(O)(CO)CO. The molecule has 62 heavy (non-hydrogen) atoms. The van der Waals surface area contributed by atoms with E-state index in [-0.39, 0.29) is 12.8 Å². The first-order chi connectivity index (χ1) is 29.6. The molecule has 14 heteroatoms. The van der Waals surface area contributed by atoms with Crippen molar-refractivity contribution in [3.63, 3.8) is 0 Å². The molecule has 0 aromatic rings. The van der Waals surface area contributed by atoms with E-state index >= 15 is 0 Å². The number of carbonyl (C=O) groups excluding carboxylic acids is 4. The fraction of sp³-hybridized carbons (Fsp3) is 0.917. The number of hydrogen-bond donors (Lipinski definition) is 6. The lowest BCUT2D eigenvalue weighted by Gasteiger charge is -2.33. The molecule has 0 aromatic carbocycles. The van der Waals surface area contributed by atoms with Gasteiger partial charge in [0, 0.05) is 12.8 Å². The maximum atomic E-state index is 12.8. The first kappa shape index (κ1) is 62.7. The van der Waals surface area contributed by atoms with E-state index in [1.165, 1.54) is 155 Å². The van der Waals surface area contributed by atoms with E-state index < -0.39 is 71.3 Å². The minimum atomic E-state index is -3.16. The Labute approximate surface area is 385 Å². The Bertz CT molecular complexity index is 1070. The number of Topliss-reactive ketones (excluding diaryl/α,β-unsaturated/α-hetero) is 2. The molecule has 0 rings (SSSR count). The summed E-state index contributed by atoms with van der Waals surface area (Å²) in [5, 5.41) is 59.1. The number of aliphatic hydroxyl groups is 6. The largest absolute Gasteiger partial charge is 0.444 e. The molecule has 368 valence electrons. The van der Waals surface area contributed by atoms with Crippen LogP contribution in [0.25, 0.3) is 0 Å². The number of rotatable bonds is 42. The number of halogens is 2. The second-order valence-corrected chi connectivity index (χ2v) is 18.4. The third-order valence-corrected chi connectivity index (χ3v) is 11.5. The molecule has 12 nitrogen and oxygen atoms in total. The van der Waals surface area contributed by atoms with Crippen LogP contribution in [0, 0.1) is 0 Å². The highest BCUT2D eigenvalue weighted by molar-refractivity contribution is 6.20. The number of unbranched alkanes of at least 4 members (excludes halogenated alkanes) is 28. The summed E-state index contributed by atoms with van der Waals surface area (Å²) in [6, 6.07) is 0. The maximum Gasteiger partial charge on any atom is 0.340 e. The van der Waals surface area contributed by atoms with Gasteiger partial charge < -0.3 is 40.1 Å². The van der Waals surface area contributed by atoms with Crippen molar-refractivity contribution >= 4 is 46.7 Å². The van der Waals surface area contributed by atoms with Gasteiger partial charge in [0.1, 0.15) is 0 Å². The number of aliphatic hydroxyl groups excluding tert-OH is 4. The Hall–Kier alpha value is -1.38. The van der Waals surface area contributed by atoms with E-state index in [1.54, 1.807) is 0 Å². The van der Waals surface area contributed by atoms with Gasteiger partial charge in [0.2, 0.25) is 0 Å². The molecule has 0 saturated carbocycles. The lowest BCUT2D eigenvalue weighted by atomic mass is 9.83. The van der Waals surface area contributed by atoms with Crippen molar-refractivity contribution < 1.29 is 59.3 Å². The minimum Gasteiger partial charge on any atom is -0.444 e. The number of ether oxygens (including phenoxy) is 2. The average Bonchev–Trinajstić information content (AvgIpc) is 3.24. The van der Waals surface area contributed by atoms with Crippen molar-refractivity contribution in [2.75, 3.05) is 13.2 Å². The van der Waals surface area contributed by atoms with Crippen LogP contribution >= 0.6 is 23.2 Å². The molecule has 0 aromatic heterocycles. The number of carbonyl (C=O) groups is 4. The molecule has 4 unspecified atom stereocenters. The topological polar surface area (TPSA) is 208 Å². The normalized spacial score (nSPS) is 14.5. The molecular formula is C48H90Cl2O12. The highest BCUT2D eigenvalue weighted by Gasteiger charge is 2.56. The van der Waals surface area contributed by atoms with Crippen LogP contribution in [0.15, 0.2) is 0 Å². The highest BCUT2D eigenvalue weighted by Crippen LogP contribution is 2.25. The Balaban J connectivity index is 0. The number of esters is 2. The summed E-state index contributed by atoms with van der Waals surface area (Å²) in [4.78, 5) is 48.7. The van der Waals surface area contributed by atoms with Crippen LogP contribution in [0.5, 0.6) is 0 Å². The van der Waals surface area contributed by atoms with Gasteiger partial charge in [-0.15, -0.1) is 0 Å². The predicted molar refractivity (Wildman–Crippen MR) is 248 cm³/mol. The van der Waals surface area contributed by atoms with Gasteiger partial charge in [0.05, 0.1) is 13.2 Å². The quantitative estimate of drug-likeness (QED) is 0.0192. The van der Waals surface area contributed by atoms with E-state index in [0.717, 1.165) is 38.5 Å². The van der Waals surface area contributed by atoms with Crippen molar-refractivity contribution in [1.29, 1.82) is 0 Å². The van der Waals surface area contributed by atoms with Crippen LogP contribution in [-0.4, -0.2) is 102 Å². The second-order valence-electron chi connectivity index (χ2n) is 17.2. The number of hydrogen-bond acceptors (Lipinski definition) is 12. The van der Waals surface area contributed by atoms with Crippen LogP contribution in [0.4, 0.5) is 0 Å². The first-order valence-corrected chi connectivity index (χ1v) is 25.2. The lowest BCUT2D eigenvalue weighted by molar-refractivity contribution is -0.200. The van der Waals surface area contributed by atoms with E-state index in [9.17, 15) is 39.6 Å². The van der Waals surface area contributed by atoms with E-state index in [2.05, 4.69) is 23.3 Å². The van der Waals surface area contributed by atoms with Crippen molar-refractivity contribution in [2.24, 2.45) is 0 Å². The fourth-order valence-corrected chi connectivity index (χ4v) is 7.41. The van der Waals surface area contributed by atoms with Crippen LogP contribution in [-0.2, 0) is 28.7 Å². The molecule has 0 aliphatic carbocycles. The van der Waals surface area contributed by atoms with Gasteiger partial charge in [-0.1, -0.05) is 217 Å². The zero-order valence-corrected chi connectivity index (χ0v) is 40.8. The summed E-state index contributed by atoms with van der Waals surface area (Å²) in [5.41, 5.74) is -7.47. The van der Waals surface area contributed by atoms with Crippen molar-refractivity contribution in [3.05, 3.63) is 0 Å². The smallest absolute Gasteiger partial charge is 0.340 e. The summed E-state index contributed by atoms with van der Waals surface area (Å²) in [5.74, 6) is -4.45. The van der Waals surface area contributed by atoms with Gasteiger partial charge in [-0.3, -0.25) is 9.59 Å². The standard InChI is InChI=1S/C27H48Cl2O8.C21H42O4/c1-4-5-6-7-8-9-10-11-12-13-14-15-16-17-18-19-22(30)27(35,23(31)25(33)36-20(2)28)24(32)26(34)37-21(3)29;1-2-3-4-5-6-7-8-9-10-11-12-13-14-15-16-17-20(24)21(25,18-22)19-23/h20-21,23-24,31-32,35H,4-19H2,1-3H3;22-23,25H,2-19H2,1H3. The monoisotopic (exact) mass is 929 g/mol. The molecule has 0 spiro atoms. The van der Waals surface area contributed by atoms with Crippen LogP contribution in [0.3, 0.4) is 0 Å². The maximum absolute atomic E-state index is 12.8. The third kappa shape index (κ3) is 31.5. The molecule has 6 N–H and O–H groups in total. The van der Waals surface area contributed by atoms with Gasteiger partial charge in [-0.2, -0.15) is 0 Å². The molecular weight excluding hydrogens is 839 g/mol. The fourth-order valence-electron chi connectivity index (χ4n) is 7.24. The number of ketones is 2. The van der Waals surface area contributed by atoms with Crippen molar-refractivity contribution in [2.45, 2.75) is 268 Å². The van der Waals surface area contributed by atoms with E-state index in [4.69, 9.17) is 33.4 Å². The van der Waals surface area contributed by atoms with Crippen molar-refractivity contribution in [3.8, 4) is 0 Å². The zero-order valence-electron chi connectivity index (χ0n) is 39.2. The second kappa shape index (κ2) is 41.1. The molecule has 0 heterocycles. The zero-order chi connectivity index (χ0) is 47.1. The Kier molecular flexibility index (Phi) is 41.5. The van der Waals surface area contributed by atoms with Crippen LogP contribution in [0.2, 0.25) is 0 Å². The summed E-state index contributed by atoms with van der Waals surface area (Å²) in [6.07, 6.45) is 30.8. The Morgan fingerprint density at radius 1 is 0.435 bits per heavy atom. The van der Waals surface area contributed by atoms with Crippen LogP contribution in [0.1, 0.15) is 233 Å². The van der Waals surface area contributed by atoms with Crippen LogP contribution < -0.4 is 0 Å². The van der Waals surface area contributed by atoms with Gasteiger partial charge in [0.25, 0.3) is 0 Å². The lowest BCUT2D eigenvalue weighted by Crippen LogP contribution is -2.63. The molecule has 4 atom stereocenters. The molecule has 0 bridgehead atoms. The summed E-state index contributed by atoms with van der Waals surface area (Å²) < 4.78 is 9.25. The highest BCUT2D eigenvalue weighted by atomic mass is 35.5. The first-order valence-electron chi connectivity index (χ1n) is 24.4. The summed E-state index contributed by atoms with van der Waals surface area (Å²) >= 11 is 11.1. The molecule has 0 aliphatic rings. The predicted octanol–water partition coefficient (Wildman–Crippen LogP) is 10.1. The van der Waals surface area contributed by atoms with Gasteiger partial charge in [0.15, 0.2) is 46.1 Å². The Morgan fingerprint density at radius 2 is 0.661 bits per heavy atom.